The van der Waals surface area contributed by atoms with Crippen molar-refractivity contribution in [1.82, 2.24) is 34.7 Å². The summed E-state index contributed by atoms with van der Waals surface area (Å²) in [4.78, 5) is 11.1. The van der Waals surface area contributed by atoms with Gasteiger partial charge in [0.05, 0.1) is 31.1 Å². The molecule has 6 rings (SSSR count). The van der Waals surface area contributed by atoms with E-state index in [-0.39, 0.29) is 18.9 Å². The SMILES string of the molecule is FC1(F)CNCC(c2ccn(-c3cc(N4CCOCC4)n4nc(-c5ccncc5)cc4n3)n2)C1. The zero-order valence-corrected chi connectivity index (χ0v) is 18.4. The van der Waals surface area contributed by atoms with Crippen molar-refractivity contribution in [3.05, 3.63) is 54.6 Å². The van der Waals surface area contributed by atoms with Crippen molar-refractivity contribution in [1.29, 1.82) is 0 Å². The summed E-state index contributed by atoms with van der Waals surface area (Å²) in [5, 5.41) is 12.3. The van der Waals surface area contributed by atoms with E-state index in [2.05, 4.69) is 20.3 Å². The Bertz CT molecular complexity index is 1300. The second-order valence-electron chi connectivity index (χ2n) is 8.68. The van der Waals surface area contributed by atoms with E-state index in [1.807, 2.05) is 28.8 Å². The highest BCUT2D eigenvalue weighted by Crippen LogP contribution is 2.32. The lowest BCUT2D eigenvalue weighted by molar-refractivity contribution is -0.0282. The predicted octanol–water partition coefficient (Wildman–Crippen LogP) is 2.53. The van der Waals surface area contributed by atoms with Gasteiger partial charge in [0.15, 0.2) is 11.5 Å². The maximum atomic E-state index is 13.9. The molecule has 2 saturated heterocycles. The molecule has 34 heavy (non-hydrogen) atoms. The van der Waals surface area contributed by atoms with Gasteiger partial charge in [0.1, 0.15) is 5.82 Å². The number of aromatic nitrogens is 6. The largest absolute Gasteiger partial charge is 0.378 e. The molecule has 6 heterocycles. The van der Waals surface area contributed by atoms with Gasteiger partial charge >= 0.3 is 0 Å². The number of nitrogens with zero attached hydrogens (tertiary/aromatic N) is 7. The minimum atomic E-state index is -2.73. The molecule has 2 fully saturated rings. The van der Waals surface area contributed by atoms with Gasteiger partial charge in [0.2, 0.25) is 0 Å². The lowest BCUT2D eigenvalue weighted by Crippen LogP contribution is -2.43. The fourth-order valence-corrected chi connectivity index (χ4v) is 4.57. The summed E-state index contributed by atoms with van der Waals surface area (Å²) in [5.74, 6) is -1.59. The van der Waals surface area contributed by atoms with Crippen LogP contribution in [0.1, 0.15) is 18.0 Å². The Kier molecular flexibility index (Phi) is 5.22. The number of anilines is 1. The van der Waals surface area contributed by atoms with Crippen LogP contribution in [0, 0.1) is 0 Å². The van der Waals surface area contributed by atoms with Gasteiger partial charge in [-0.3, -0.25) is 4.98 Å². The minimum Gasteiger partial charge on any atom is -0.378 e. The summed E-state index contributed by atoms with van der Waals surface area (Å²) in [6.45, 7) is 2.92. The van der Waals surface area contributed by atoms with Crippen LogP contribution in [0.2, 0.25) is 0 Å². The van der Waals surface area contributed by atoms with Gasteiger partial charge in [-0.15, -0.1) is 0 Å². The average molecular weight is 466 g/mol. The fraction of sp³-hybridized carbons (Fsp3) is 0.391. The van der Waals surface area contributed by atoms with Crippen LogP contribution in [0.15, 0.2) is 48.9 Å². The number of hydrogen-bond acceptors (Lipinski definition) is 7. The number of ether oxygens (including phenoxy) is 1. The Morgan fingerprint density at radius 1 is 1.06 bits per heavy atom. The Balaban J connectivity index is 1.41. The number of pyridine rings is 1. The second-order valence-corrected chi connectivity index (χ2v) is 8.68. The topological polar surface area (TPSA) is 85.4 Å². The van der Waals surface area contributed by atoms with Crippen molar-refractivity contribution in [3.8, 4) is 17.1 Å². The van der Waals surface area contributed by atoms with Crippen LogP contribution in [-0.2, 0) is 4.74 Å². The van der Waals surface area contributed by atoms with Gasteiger partial charge in [-0.1, -0.05) is 0 Å². The van der Waals surface area contributed by atoms with Crippen molar-refractivity contribution in [2.45, 2.75) is 18.3 Å². The van der Waals surface area contributed by atoms with Crippen LogP contribution in [0.3, 0.4) is 0 Å². The first-order valence-corrected chi connectivity index (χ1v) is 11.3. The third kappa shape index (κ3) is 4.01. The van der Waals surface area contributed by atoms with Gasteiger partial charge in [0.25, 0.3) is 5.92 Å². The lowest BCUT2D eigenvalue weighted by atomic mass is 9.94. The maximum absolute atomic E-state index is 13.9. The smallest absolute Gasteiger partial charge is 0.261 e. The zero-order valence-electron chi connectivity index (χ0n) is 18.4. The molecule has 9 nitrogen and oxygen atoms in total. The highest BCUT2D eigenvalue weighted by atomic mass is 19.3. The molecule has 1 N–H and O–H groups in total. The van der Waals surface area contributed by atoms with Crippen molar-refractivity contribution < 1.29 is 13.5 Å². The molecule has 0 radical (unpaired) electrons. The molecule has 0 amide bonds. The first kappa shape index (κ1) is 21.1. The van der Waals surface area contributed by atoms with E-state index in [1.54, 1.807) is 29.3 Å². The third-order valence-corrected chi connectivity index (χ3v) is 6.29. The molecule has 2 aliphatic rings. The van der Waals surface area contributed by atoms with E-state index in [9.17, 15) is 8.78 Å². The summed E-state index contributed by atoms with van der Waals surface area (Å²) in [6.07, 6.45) is 5.04. The third-order valence-electron chi connectivity index (χ3n) is 6.29. The molecule has 1 unspecified atom stereocenters. The summed E-state index contributed by atoms with van der Waals surface area (Å²) in [6, 6.07) is 9.48. The van der Waals surface area contributed by atoms with Gasteiger partial charge < -0.3 is 15.0 Å². The van der Waals surface area contributed by atoms with Gasteiger partial charge in [-0.25, -0.2) is 18.4 Å². The van der Waals surface area contributed by atoms with Gasteiger partial charge in [-0.2, -0.15) is 14.7 Å². The van der Waals surface area contributed by atoms with Crippen molar-refractivity contribution >= 4 is 11.5 Å². The van der Waals surface area contributed by atoms with Crippen LogP contribution in [-0.4, -0.2) is 74.7 Å². The summed E-state index contributed by atoms with van der Waals surface area (Å²) < 4.78 is 36.8. The first-order valence-electron chi connectivity index (χ1n) is 11.3. The molecule has 4 aromatic heterocycles. The number of nitrogens with one attached hydrogen (secondary N) is 1. The number of fused-ring (bicyclic) bond motifs is 1. The Morgan fingerprint density at radius 3 is 2.68 bits per heavy atom. The molecule has 2 aliphatic heterocycles. The molecule has 0 bridgehead atoms. The number of alkyl halides is 2. The number of piperidine rings is 1. The molecular formula is C23H24F2N8O. The summed E-state index contributed by atoms with van der Waals surface area (Å²) in [5.41, 5.74) is 3.04. The average Bonchev–Trinajstić information content (AvgIpc) is 3.52. The van der Waals surface area contributed by atoms with E-state index in [4.69, 9.17) is 14.8 Å². The lowest BCUT2D eigenvalue weighted by Gasteiger charge is -2.29. The number of rotatable bonds is 4. The molecule has 4 aromatic rings. The monoisotopic (exact) mass is 466 g/mol. The first-order chi connectivity index (χ1) is 16.6. The highest BCUT2D eigenvalue weighted by molar-refractivity contribution is 5.66. The van der Waals surface area contributed by atoms with Crippen molar-refractivity contribution in [2.24, 2.45) is 0 Å². The predicted molar refractivity (Wildman–Crippen MR) is 122 cm³/mol. The second kappa shape index (κ2) is 8.41. The van der Waals surface area contributed by atoms with E-state index in [0.29, 0.717) is 36.9 Å². The highest BCUT2D eigenvalue weighted by Gasteiger charge is 2.37. The molecule has 176 valence electrons. The quantitative estimate of drug-likeness (QED) is 0.495. The Morgan fingerprint density at radius 2 is 1.88 bits per heavy atom. The molecule has 1 atom stereocenters. The molecular weight excluding hydrogens is 442 g/mol. The standard InChI is InChI=1S/C23H24F2N8O/c24-23(25)13-17(14-27-15-23)18-3-6-32(29-18)20-12-22(31-7-9-34-10-8-31)33-21(28-20)11-19(30-33)16-1-4-26-5-2-16/h1-6,11-12,17,27H,7-10,13-15H2. The van der Waals surface area contributed by atoms with E-state index >= 15 is 0 Å². The minimum absolute atomic E-state index is 0.208. The number of halogens is 2. The van der Waals surface area contributed by atoms with E-state index in [0.717, 1.165) is 30.2 Å². The van der Waals surface area contributed by atoms with Crippen LogP contribution in [0.4, 0.5) is 14.6 Å². The van der Waals surface area contributed by atoms with E-state index in [1.165, 1.54) is 0 Å². The normalized spacial score (nSPS) is 20.6. The fourth-order valence-electron chi connectivity index (χ4n) is 4.57. The molecule has 0 aromatic carbocycles. The summed E-state index contributed by atoms with van der Waals surface area (Å²) >= 11 is 0. The number of morpholine rings is 1. The van der Waals surface area contributed by atoms with Gasteiger partial charge in [-0.05, 0) is 18.2 Å². The maximum Gasteiger partial charge on any atom is 0.261 e. The van der Waals surface area contributed by atoms with Gasteiger partial charge in [0, 0.05) is 68.3 Å². The van der Waals surface area contributed by atoms with Crippen LogP contribution in [0.25, 0.3) is 22.7 Å². The summed E-state index contributed by atoms with van der Waals surface area (Å²) in [7, 11) is 0. The Labute approximate surface area is 194 Å². The van der Waals surface area contributed by atoms with Crippen LogP contribution in [0.5, 0.6) is 0 Å². The van der Waals surface area contributed by atoms with Crippen LogP contribution < -0.4 is 10.2 Å². The Hall–Kier alpha value is -3.44. The van der Waals surface area contributed by atoms with Crippen molar-refractivity contribution in [2.75, 3.05) is 44.3 Å². The molecule has 0 aliphatic carbocycles. The van der Waals surface area contributed by atoms with Crippen molar-refractivity contribution in [3.63, 3.8) is 0 Å². The number of hydrogen-bond donors (Lipinski definition) is 1. The molecule has 0 saturated carbocycles. The van der Waals surface area contributed by atoms with E-state index < -0.39 is 5.92 Å². The zero-order chi connectivity index (χ0) is 23.1. The molecule has 11 heteroatoms. The van der Waals surface area contributed by atoms with Crippen LogP contribution >= 0.6 is 0 Å². The molecule has 0 spiro atoms.